The van der Waals surface area contributed by atoms with Gasteiger partial charge in [-0.2, -0.15) is 0 Å². The summed E-state index contributed by atoms with van der Waals surface area (Å²) >= 11 is 5.40. The predicted octanol–water partition coefficient (Wildman–Crippen LogP) is 3.34. The molecular formula is C20H25N5O3S. The van der Waals surface area contributed by atoms with Gasteiger partial charge < -0.3 is 13.7 Å². The molecule has 1 aliphatic rings. The summed E-state index contributed by atoms with van der Waals surface area (Å²) in [6.07, 6.45) is 0. The molecule has 2 aromatic heterocycles. The minimum atomic E-state index is 0.367. The Morgan fingerprint density at radius 1 is 1.14 bits per heavy atom. The average molecular weight is 416 g/mol. The highest BCUT2D eigenvalue weighted by atomic mass is 32.1. The molecule has 0 bridgehead atoms. The number of nitrogens with zero attached hydrogens (tertiary/aromatic N) is 5. The number of ether oxygens (including phenoxy) is 1. The van der Waals surface area contributed by atoms with Gasteiger partial charge in [-0.25, -0.2) is 4.68 Å². The SMILES string of the molecule is CCOc1ccccc1-c1nn(CN2CCN(Cc3cc(C)on3)CC2)c(=S)o1. The van der Waals surface area contributed by atoms with Gasteiger partial charge in [-0.05, 0) is 38.2 Å². The molecule has 1 fully saturated rings. The number of aromatic nitrogens is 3. The van der Waals surface area contributed by atoms with Gasteiger partial charge >= 0.3 is 0 Å². The number of benzene rings is 1. The van der Waals surface area contributed by atoms with Crippen LogP contribution < -0.4 is 4.74 Å². The first kappa shape index (κ1) is 19.8. The summed E-state index contributed by atoms with van der Waals surface area (Å²) in [5, 5.41) is 8.67. The van der Waals surface area contributed by atoms with Gasteiger partial charge in [0.15, 0.2) is 0 Å². The first-order valence-corrected chi connectivity index (χ1v) is 10.2. The monoisotopic (exact) mass is 415 g/mol. The summed E-state index contributed by atoms with van der Waals surface area (Å²) < 4.78 is 18.3. The Morgan fingerprint density at radius 2 is 1.90 bits per heavy atom. The summed E-state index contributed by atoms with van der Waals surface area (Å²) in [6, 6.07) is 9.69. The van der Waals surface area contributed by atoms with Crippen molar-refractivity contribution in [2.75, 3.05) is 32.8 Å². The summed E-state index contributed by atoms with van der Waals surface area (Å²) in [4.78, 5) is 5.06. The number of hydrogen-bond donors (Lipinski definition) is 0. The zero-order chi connectivity index (χ0) is 20.2. The lowest BCUT2D eigenvalue weighted by Crippen LogP contribution is -2.46. The lowest BCUT2D eigenvalue weighted by Gasteiger charge is -2.33. The molecule has 0 radical (unpaired) electrons. The van der Waals surface area contributed by atoms with Crippen molar-refractivity contribution in [1.29, 1.82) is 0 Å². The summed E-state index contributed by atoms with van der Waals surface area (Å²) in [7, 11) is 0. The first-order valence-electron chi connectivity index (χ1n) is 9.79. The molecule has 154 valence electrons. The molecule has 0 N–H and O–H groups in total. The van der Waals surface area contributed by atoms with Gasteiger partial charge in [0.25, 0.3) is 10.7 Å². The van der Waals surface area contributed by atoms with E-state index < -0.39 is 0 Å². The number of para-hydroxylation sites is 1. The van der Waals surface area contributed by atoms with Crippen molar-refractivity contribution in [2.45, 2.75) is 27.1 Å². The molecule has 9 heteroatoms. The minimum Gasteiger partial charge on any atom is -0.493 e. The van der Waals surface area contributed by atoms with Gasteiger partial charge in [0.1, 0.15) is 11.5 Å². The van der Waals surface area contributed by atoms with E-state index >= 15 is 0 Å². The smallest absolute Gasteiger partial charge is 0.288 e. The first-order chi connectivity index (χ1) is 14.1. The van der Waals surface area contributed by atoms with E-state index in [-0.39, 0.29) is 0 Å². The van der Waals surface area contributed by atoms with E-state index in [4.69, 9.17) is 25.9 Å². The van der Waals surface area contributed by atoms with Crippen molar-refractivity contribution < 1.29 is 13.7 Å². The fourth-order valence-corrected chi connectivity index (χ4v) is 3.61. The van der Waals surface area contributed by atoms with E-state index in [0.717, 1.165) is 55.5 Å². The van der Waals surface area contributed by atoms with E-state index in [1.54, 1.807) is 4.68 Å². The maximum atomic E-state index is 5.76. The van der Waals surface area contributed by atoms with E-state index in [9.17, 15) is 0 Å². The Balaban J connectivity index is 1.38. The molecule has 3 aromatic rings. The molecule has 0 aliphatic carbocycles. The van der Waals surface area contributed by atoms with E-state index in [2.05, 4.69) is 20.1 Å². The van der Waals surface area contributed by atoms with Crippen LogP contribution in [0, 0.1) is 11.8 Å². The normalized spacial score (nSPS) is 15.7. The lowest BCUT2D eigenvalue weighted by atomic mass is 10.2. The Hall–Kier alpha value is -2.49. The van der Waals surface area contributed by atoms with Gasteiger partial charge in [0.05, 0.1) is 24.5 Å². The third-order valence-corrected chi connectivity index (χ3v) is 5.18. The largest absolute Gasteiger partial charge is 0.493 e. The highest BCUT2D eigenvalue weighted by Crippen LogP contribution is 2.28. The van der Waals surface area contributed by atoms with Crippen molar-refractivity contribution >= 4 is 12.2 Å². The van der Waals surface area contributed by atoms with Crippen molar-refractivity contribution in [2.24, 2.45) is 0 Å². The van der Waals surface area contributed by atoms with Crippen LogP contribution in [-0.4, -0.2) is 57.5 Å². The van der Waals surface area contributed by atoms with Crippen LogP contribution in [0.15, 0.2) is 39.3 Å². The predicted molar refractivity (Wildman–Crippen MR) is 110 cm³/mol. The molecule has 4 rings (SSSR count). The third kappa shape index (κ3) is 4.75. The molecule has 29 heavy (non-hydrogen) atoms. The van der Waals surface area contributed by atoms with Crippen LogP contribution in [0.1, 0.15) is 18.4 Å². The summed E-state index contributed by atoms with van der Waals surface area (Å²) in [6.45, 7) is 9.63. The van der Waals surface area contributed by atoms with Crippen LogP contribution in [0.3, 0.4) is 0 Å². The highest BCUT2D eigenvalue weighted by molar-refractivity contribution is 7.71. The van der Waals surface area contributed by atoms with Crippen molar-refractivity contribution in [3.8, 4) is 17.2 Å². The van der Waals surface area contributed by atoms with Gasteiger partial charge in [0, 0.05) is 38.8 Å². The number of rotatable bonds is 7. The zero-order valence-corrected chi connectivity index (χ0v) is 17.5. The minimum absolute atomic E-state index is 0.367. The van der Waals surface area contributed by atoms with E-state index in [1.807, 2.05) is 44.2 Å². The molecule has 1 aromatic carbocycles. The van der Waals surface area contributed by atoms with Crippen LogP contribution in [0.25, 0.3) is 11.5 Å². The molecule has 0 amide bonds. The second-order valence-corrected chi connectivity index (χ2v) is 7.42. The summed E-state index contributed by atoms with van der Waals surface area (Å²) in [5.74, 6) is 2.08. The van der Waals surface area contributed by atoms with Crippen LogP contribution >= 0.6 is 12.2 Å². The maximum Gasteiger partial charge on any atom is 0.288 e. The lowest BCUT2D eigenvalue weighted by molar-refractivity contribution is 0.0959. The molecule has 3 heterocycles. The van der Waals surface area contributed by atoms with Crippen LogP contribution in [0.5, 0.6) is 5.75 Å². The molecular weight excluding hydrogens is 390 g/mol. The van der Waals surface area contributed by atoms with Gasteiger partial charge in [-0.15, -0.1) is 5.10 Å². The molecule has 0 atom stereocenters. The second kappa shape index (κ2) is 8.89. The highest BCUT2D eigenvalue weighted by Gasteiger charge is 2.20. The standard InChI is InChI=1S/C20H25N5O3S/c1-3-26-18-7-5-4-6-17(18)19-21-25(20(29)27-19)14-24-10-8-23(9-11-24)13-16-12-15(2)28-22-16/h4-7,12H,3,8-11,13-14H2,1-2H3. The van der Waals surface area contributed by atoms with Crippen LogP contribution in [0.2, 0.25) is 0 Å². The van der Waals surface area contributed by atoms with Crippen molar-refractivity contribution in [3.63, 3.8) is 0 Å². The quantitative estimate of drug-likeness (QED) is 0.544. The maximum absolute atomic E-state index is 5.76. The van der Waals surface area contributed by atoms with Gasteiger partial charge in [-0.1, -0.05) is 17.3 Å². The number of piperazine rings is 1. The van der Waals surface area contributed by atoms with Crippen molar-refractivity contribution in [3.05, 3.63) is 46.6 Å². The fourth-order valence-electron chi connectivity index (χ4n) is 3.43. The molecule has 1 saturated heterocycles. The number of hydrogen-bond acceptors (Lipinski definition) is 8. The average Bonchev–Trinajstić information content (AvgIpc) is 3.29. The Morgan fingerprint density at radius 3 is 2.62 bits per heavy atom. The molecule has 8 nitrogen and oxygen atoms in total. The van der Waals surface area contributed by atoms with Gasteiger partial charge in [-0.3, -0.25) is 9.80 Å². The Labute approximate surface area is 174 Å². The zero-order valence-electron chi connectivity index (χ0n) is 16.7. The fraction of sp³-hybridized carbons (Fsp3) is 0.450. The molecule has 0 spiro atoms. The Bertz CT molecular complexity index is 1000. The topological polar surface area (TPSA) is 72.7 Å². The Kier molecular flexibility index (Phi) is 6.08. The number of aryl methyl sites for hydroxylation is 1. The van der Waals surface area contributed by atoms with E-state index in [0.29, 0.717) is 24.0 Å². The van der Waals surface area contributed by atoms with Crippen LogP contribution in [-0.2, 0) is 13.2 Å². The van der Waals surface area contributed by atoms with Crippen LogP contribution in [0.4, 0.5) is 0 Å². The van der Waals surface area contributed by atoms with Crippen molar-refractivity contribution in [1.82, 2.24) is 24.7 Å². The second-order valence-electron chi connectivity index (χ2n) is 7.07. The molecule has 0 unspecified atom stereocenters. The molecule has 0 saturated carbocycles. The van der Waals surface area contributed by atoms with E-state index in [1.165, 1.54) is 0 Å². The summed E-state index contributed by atoms with van der Waals surface area (Å²) in [5.41, 5.74) is 1.79. The van der Waals surface area contributed by atoms with Gasteiger partial charge in [0.2, 0.25) is 0 Å². The third-order valence-electron chi connectivity index (χ3n) is 4.88. The molecule has 1 aliphatic heterocycles.